The van der Waals surface area contributed by atoms with Crippen LogP contribution in [-0.2, 0) is 20.0 Å². The molecule has 3 unspecified atom stereocenters. The van der Waals surface area contributed by atoms with Crippen LogP contribution in [0.1, 0.15) is 37.4 Å². The Balaban J connectivity index is 2.14. The molecule has 21 heavy (non-hydrogen) atoms. The highest BCUT2D eigenvalue weighted by atomic mass is 32.2. The molecular formula is C15H19NO4S. The number of carboxylic acids is 1. The van der Waals surface area contributed by atoms with Gasteiger partial charge in [-0.1, -0.05) is 38.1 Å². The summed E-state index contributed by atoms with van der Waals surface area (Å²) in [6.07, 6.45) is 0.510. The van der Waals surface area contributed by atoms with E-state index in [4.69, 9.17) is 0 Å². The van der Waals surface area contributed by atoms with Gasteiger partial charge in [0.1, 0.15) is 6.04 Å². The fourth-order valence-electron chi connectivity index (χ4n) is 3.61. The number of hydrogen-bond acceptors (Lipinski definition) is 4. The third kappa shape index (κ3) is 2.26. The fraction of sp³-hybridized carbons (Fsp3) is 0.533. The van der Waals surface area contributed by atoms with Crippen LogP contribution >= 0.6 is 0 Å². The molecule has 1 fully saturated rings. The molecule has 0 aromatic heterocycles. The van der Waals surface area contributed by atoms with Gasteiger partial charge in [-0.3, -0.25) is 10.1 Å². The zero-order valence-corrected chi connectivity index (χ0v) is 12.9. The van der Waals surface area contributed by atoms with Gasteiger partial charge in [0.25, 0.3) is 0 Å². The number of hydrogen-bond donors (Lipinski definition) is 2. The Morgan fingerprint density at radius 2 is 2.00 bits per heavy atom. The summed E-state index contributed by atoms with van der Waals surface area (Å²) in [4.78, 5) is 11.2. The summed E-state index contributed by atoms with van der Waals surface area (Å²) in [6.45, 7) is 4.09. The summed E-state index contributed by atoms with van der Waals surface area (Å²) in [5.74, 6) is -1.44. The molecule has 1 heterocycles. The molecule has 3 atom stereocenters. The van der Waals surface area contributed by atoms with Gasteiger partial charge in [0.2, 0.25) is 0 Å². The Hall–Kier alpha value is -1.40. The third-order valence-electron chi connectivity index (χ3n) is 4.65. The van der Waals surface area contributed by atoms with E-state index in [0.29, 0.717) is 6.42 Å². The van der Waals surface area contributed by atoms with Crippen LogP contribution in [0.4, 0.5) is 0 Å². The highest BCUT2D eigenvalue weighted by molar-refractivity contribution is 7.92. The van der Waals surface area contributed by atoms with E-state index < -0.39 is 33.1 Å². The molecule has 1 aromatic carbocycles. The molecule has 114 valence electrons. The van der Waals surface area contributed by atoms with Crippen molar-refractivity contribution in [1.82, 2.24) is 5.32 Å². The zero-order chi connectivity index (χ0) is 15.4. The number of fused-ring (bicyclic) bond motifs is 3. The first-order valence-corrected chi connectivity index (χ1v) is 8.74. The molecule has 2 aliphatic rings. The SMILES string of the molecule is CC1(C)CC2C(NC(C(=O)O)CS2(=O)=O)c2ccccc21. The van der Waals surface area contributed by atoms with Crippen LogP contribution in [0, 0.1) is 0 Å². The lowest BCUT2D eigenvalue weighted by Gasteiger charge is -2.45. The highest BCUT2D eigenvalue weighted by Gasteiger charge is 2.50. The Kier molecular flexibility index (Phi) is 3.15. The topological polar surface area (TPSA) is 83.5 Å². The van der Waals surface area contributed by atoms with Crippen molar-refractivity contribution in [3.63, 3.8) is 0 Å². The average molecular weight is 309 g/mol. The Morgan fingerprint density at radius 1 is 1.33 bits per heavy atom. The maximum Gasteiger partial charge on any atom is 0.321 e. The standard InChI is InChI=1S/C15H19NO4S/c1-15(2)7-12-13(9-5-3-4-6-10(9)15)16-11(14(17)18)8-21(12,19)20/h3-6,11-13,16H,7-8H2,1-2H3,(H,17,18). The van der Waals surface area contributed by atoms with Crippen molar-refractivity contribution < 1.29 is 18.3 Å². The first kappa shape index (κ1) is 14.5. The molecule has 0 saturated carbocycles. The monoisotopic (exact) mass is 309 g/mol. The smallest absolute Gasteiger partial charge is 0.321 e. The van der Waals surface area contributed by atoms with Crippen LogP contribution in [0.5, 0.6) is 0 Å². The van der Waals surface area contributed by atoms with Crippen molar-refractivity contribution >= 4 is 15.8 Å². The van der Waals surface area contributed by atoms with Gasteiger partial charge in [0, 0.05) is 6.04 Å². The van der Waals surface area contributed by atoms with Gasteiger partial charge in [-0.25, -0.2) is 8.42 Å². The van der Waals surface area contributed by atoms with E-state index in [-0.39, 0.29) is 11.2 Å². The van der Waals surface area contributed by atoms with Crippen LogP contribution < -0.4 is 5.32 Å². The van der Waals surface area contributed by atoms with Crippen LogP contribution in [0.2, 0.25) is 0 Å². The van der Waals surface area contributed by atoms with Crippen LogP contribution in [0.15, 0.2) is 24.3 Å². The van der Waals surface area contributed by atoms with E-state index in [1.54, 1.807) is 0 Å². The minimum atomic E-state index is -3.43. The number of benzene rings is 1. The molecule has 3 rings (SSSR count). The number of rotatable bonds is 1. The van der Waals surface area contributed by atoms with Crippen LogP contribution in [0.25, 0.3) is 0 Å². The minimum Gasteiger partial charge on any atom is -0.480 e. The van der Waals surface area contributed by atoms with Gasteiger partial charge in [0.05, 0.1) is 11.0 Å². The lowest BCUT2D eigenvalue weighted by molar-refractivity contribution is -0.139. The molecule has 1 aliphatic heterocycles. The molecule has 0 spiro atoms. The second kappa shape index (κ2) is 4.55. The van der Waals surface area contributed by atoms with Crippen molar-refractivity contribution in [2.75, 3.05) is 5.75 Å². The first-order valence-electron chi connectivity index (χ1n) is 7.02. The lowest BCUT2D eigenvalue weighted by Crippen LogP contribution is -2.58. The van der Waals surface area contributed by atoms with Gasteiger partial charge in [-0.05, 0) is 23.0 Å². The molecule has 6 heteroatoms. The van der Waals surface area contributed by atoms with Crippen molar-refractivity contribution in [1.29, 1.82) is 0 Å². The van der Waals surface area contributed by atoms with Crippen molar-refractivity contribution in [3.05, 3.63) is 35.4 Å². The number of carbonyl (C=O) groups is 1. The molecule has 0 bridgehead atoms. The highest BCUT2D eigenvalue weighted by Crippen LogP contribution is 2.45. The molecule has 0 amide bonds. The van der Waals surface area contributed by atoms with Crippen molar-refractivity contribution in [2.45, 2.75) is 43.0 Å². The Bertz CT molecular complexity index is 695. The molecule has 1 saturated heterocycles. The van der Waals surface area contributed by atoms with E-state index in [9.17, 15) is 18.3 Å². The summed E-state index contributed by atoms with van der Waals surface area (Å²) in [5.41, 5.74) is 1.77. The van der Waals surface area contributed by atoms with E-state index >= 15 is 0 Å². The first-order chi connectivity index (χ1) is 9.72. The second-order valence-electron chi connectivity index (χ2n) is 6.58. The van der Waals surface area contributed by atoms with Gasteiger partial charge in [0.15, 0.2) is 9.84 Å². The van der Waals surface area contributed by atoms with Gasteiger partial charge in [-0.2, -0.15) is 0 Å². The summed E-state index contributed by atoms with van der Waals surface area (Å²) >= 11 is 0. The number of sulfone groups is 1. The van der Waals surface area contributed by atoms with Crippen LogP contribution in [-0.4, -0.2) is 36.5 Å². The fourth-order valence-corrected chi connectivity index (χ4v) is 5.87. The second-order valence-corrected chi connectivity index (χ2v) is 8.84. The van der Waals surface area contributed by atoms with E-state index in [1.807, 2.05) is 38.1 Å². The molecule has 2 N–H and O–H groups in total. The normalized spacial score (nSPS) is 32.8. The molecule has 5 nitrogen and oxygen atoms in total. The Labute approximate surface area is 124 Å². The lowest BCUT2D eigenvalue weighted by atomic mass is 9.70. The molecular weight excluding hydrogens is 290 g/mol. The predicted octanol–water partition coefficient (Wildman–Crippen LogP) is 1.25. The largest absolute Gasteiger partial charge is 0.480 e. The molecule has 1 aliphatic carbocycles. The average Bonchev–Trinajstić information content (AvgIpc) is 2.39. The Morgan fingerprint density at radius 3 is 2.67 bits per heavy atom. The minimum absolute atomic E-state index is 0.234. The molecule has 1 aromatic rings. The number of carboxylic acid groups (broad SMARTS) is 1. The summed E-state index contributed by atoms with van der Waals surface area (Å²) in [6, 6.07) is 6.24. The predicted molar refractivity (Wildman–Crippen MR) is 79.0 cm³/mol. The molecule has 0 radical (unpaired) electrons. The number of nitrogens with one attached hydrogen (secondary N) is 1. The summed E-state index contributed by atoms with van der Waals surface area (Å²) < 4.78 is 25.1. The third-order valence-corrected chi connectivity index (χ3v) is 6.81. The van der Waals surface area contributed by atoms with Gasteiger partial charge in [-0.15, -0.1) is 0 Å². The number of aliphatic carboxylic acids is 1. The zero-order valence-electron chi connectivity index (χ0n) is 12.0. The maximum atomic E-state index is 12.5. The van der Waals surface area contributed by atoms with E-state index in [0.717, 1.165) is 11.1 Å². The van der Waals surface area contributed by atoms with Crippen molar-refractivity contribution in [3.8, 4) is 0 Å². The van der Waals surface area contributed by atoms with Crippen molar-refractivity contribution in [2.24, 2.45) is 0 Å². The van der Waals surface area contributed by atoms with E-state index in [2.05, 4.69) is 5.32 Å². The maximum absolute atomic E-state index is 12.5. The summed E-state index contributed by atoms with van der Waals surface area (Å²) in [5, 5.41) is 11.7. The van der Waals surface area contributed by atoms with Gasteiger partial charge >= 0.3 is 5.97 Å². The quantitative estimate of drug-likeness (QED) is 0.815. The summed E-state index contributed by atoms with van der Waals surface area (Å²) in [7, 11) is -3.43. The van der Waals surface area contributed by atoms with E-state index in [1.165, 1.54) is 0 Å². The van der Waals surface area contributed by atoms with Crippen LogP contribution in [0.3, 0.4) is 0 Å². The van der Waals surface area contributed by atoms with Gasteiger partial charge < -0.3 is 5.11 Å².